The largest absolute Gasteiger partial charge is 0.467 e. The first-order valence-electron chi connectivity index (χ1n) is 5.68. The number of nitrogens with one attached hydrogen (secondary N) is 1. The Kier molecular flexibility index (Phi) is 5.72. The van der Waals surface area contributed by atoms with E-state index in [0.29, 0.717) is 17.9 Å². The first-order valence-corrected chi connectivity index (χ1v) is 5.68. The molecule has 0 amide bonds. The molecule has 96 valence electrons. The Hall–Kier alpha value is -1.33. The van der Waals surface area contributed by atoms with Crippen LogP contribution in [0.2, 0.25) is 0 Å². The van der Waals surface area contributed by atoms with Gasteiger partial charge >= 0.3 is 5.97 Å². The smallest absolute Gasteiger partial charge is 0.341 e. The quantitative estimate of drug-likeness (QED) is 0.556. The lowest BCUT2D eigenvalue weighted by molar-refractivity contribution is 0.0600. The summed E-state index contributed by atoms with van der Waals surface area (Å²) < 4.78 is 9.77. The van der Waals surface area contributed by atoms with Gasteiger partial charge < -0.3 is 19.6 Å². The molecule has 0 aromatic carbocycles. The fourth-order valence-corrected chi connectivity index (χ4v) is 1.43. The number of esters is 1. The summed E-state index contributed by atoms with van der Waals surface area (Å²) in [7, 11) is 1.34. The van der Waals surface area contributed by atoms with Gasteiger partial charge in [-0.1, -0.05) is 0 Å². The summed E-state index contributed by atoms with van der Waals surface area (Å²) in [6.45, 7) is 3.14. The van der Waals surface area contributed by atoms with Gasteiger partial charge in [-0.05, 0) is 32.4 Å². The molecule has 0 radical (unpaired) electrons. The van der Waals surface area contributed by atoms with Crippen LogP contribution >= 0.6 is 0 Å². The van der Waals surface area contributed by atoms with Gasteiger partial charge in [0.2, 0.25) is 0 Å². The third-order valence-electron chi connectivity index (χ3n) is 2.35. The molecule has 1 unspecified atom stereocenters. The van der Waals surface area contributed by atoms with Gasteiger partial charge in [-0.15, -0.1) is 0 Å². The van der Waals surface area contributed by atoms with Crippen molar-refractivity contribution in [2.45, 2.75) is 32.4 Å². The van der Waals surface area contributed by atoms with E-state index < -0.39 is 5.97 Å². The zero-order valence-corrected chi connectivity index (χ0v) is 10.2. The Morgan fingerprint density at radius 1 is 1.65 bits per heavy atom. The van der Waals surface area contributed by atoms with Crippen molar-refractivity contribution in [3.05, 3.63) is 23.7 Å². The minimum absolute atomic E-state index is 0.258. The number of aliphatic hydroxyl groups is 1. The van der Waals surface area contributed by atoms with Gasteiger partial charge in [-0.3, -0.25) is 0 Å². The second kappa shape index (κ2) is 7.09. The summed E-state index contributed by atoms with van der Waals surface area (Å²) in [6, 6.07) is 1.66. The Morgan fingerprint density at radius 2 is 2.41 bits per heavy atom. The van der Waals surface area contributed by atoms with Crippen LogP contribution in [0.1, 0.15) is 35.9 Å². The van der Waals surface area contributed by atoms with E-state index in [4.69, 9.17) is 9.52 Å². The number of furan rings is 1. The Morgan fingerprint density at radius 3 is 3.06 bits per heavy atom. The maximum Gasteiger partial charge on any atom is 0.341 e. The topological polar surface area (TPSA) is 71.7 Å². The van der Waals surface area contributed by atoms with Gasteiger partial charge in [0.25, 0.3) is 0 Å². The Labute approximate surface area is 101 Å². The van der Waals surface area contributed by atoms with Crippen molar-refractivity contribution in [3.8, 4) is 0 Å². The van der Waals surface area contributed by atoms with Gasteiger partial charge in [0.1, 0.15) is 12.0 Å². The van der Waals surface area contributed by atoms with Crippen molar-refractivity contribution >= 4 is 5.97 Å². The second-order valence-electron chi connectivity index (χ2n) is 3.96. The highest BCUT2D eigenvalue weighted by molar-refractivity contribution is 5.88. The van der Waals surface area contributed by atoms with Gasteiger partial charge in [0.15, 0.2) is 0 Å². The van der Waals surface area contributed by atoms with E-state index in [0.717, 1.165) is 19.4 Å². The Balaban J connectivity index is 2.23. The van der Waals surface area contributed by atoms with Crippen molar-refractivity contribution in [2.24, 2.45) is 0 Å². The molecule has 0 aliphatic carbocycles. The molecule has 1 rings (SSSR count). The number of aliphatic hydroxyl groups excluding tert-OH is 1. The molecule has 1 aromatic rings. The molecular formula is C12H19NO4. The highest BCUT2D eigenvalue weighted by Crippen LogP contribution is 2.08. The van der Waals surface area contributed by atoms with Crippen LogP contribution in [0.5, 0.6) is 0 Å². The number of carbonyl (C=O) groups is 1. The van der Waals surface area contributed by atoms with Gasteiger partial charge in [-0.25, -0.2) is 4.79 Å². The molecule has 17 heavy (non-hydrogen) atoms. The van der Waals surface area contributed by atoms with E-state index in [1.54, 1.807) is 13.0 Å². The zero-order chi connectivity index (χ0) is 12.7. The van der Waals surface area contributed by atoms with Crippen molar-refractivity contribution in [3.63, 3.8) is 0 Å². The van der Waals surface area contributed by atoms with Crippen LogP contribution in [0, 0.1) is 0 Å². The minimum atomic E-state index is -0.394. The van der Waals surface area contributed by atoms with E-state index in [9.17, 15) is 4.79 Å². The van der Waals surface area contributed by atoms with Crippen LogP contribution in [0.25, 0.3) is 0 Å². The monoisotopic (exact) mass is 241 g/mol. The lowest BCUT2D eigenvalue weighted by atomic mass is 10.2. The standard InChI is InChI=1S/C12H19NO4/c1-9(14)4-3-5-13-7-11-6-10(8-17-11)12(15)16-2/h6,8-9,13-14H,3-5,7H2,1-2H3. The lowest BCUT2D eigenvalue weighted by Gasteiger charge is -2.04. The second-order valence-corrected chi connectivity index (χ2v) is 3.96. The molecule has 1 heterocycles. The van der Waals surface area contributed by atoms with Crippen molar-refractivity contribution in [2.75, 3.05) is 13.7 Å². The SMILES string of the molecule is COC(=O)c1coc(CNCCCC(C)O)c1. The normalized spacial score (nSPS) is 12.4. The number of methoxy groups -OCH3 is 1. The molecule has 0 fully saturated rings. The molecule has 5 heteroatoms. The summed E-state index contributed by atoms with van der Waals surface area (Å²) in [5.41, 5.74) is 0.424. The summed E-state index contributed by atoms with van der Waals surface area (Å²) in [5.74, 6) is 0.302. The van der Waals surface area contributed by atoms with Gasteiger partial charge in [0.05, 0.1) is 25.3 Å². The van der Waals surface area contributed by atoms with Crippen LogP contribution in [-0.2, 0) is 11.3 Å². The van der Waals surface area contributed by atoms with E-state index in [-0.39, 0.29) is 6.10 Å². The molecule has 1 atom stereocenters. The average Bonchev–Trinajstić information content (AvgIpc) is 2.76. The minimum Gasteiger partial charge on any atom is -0.467 e. The van der Waals surface area contributed by atoms with E-state index >= 15 is 0 Å². The van der Waals surface area contributed by atoms with Gasteiger partial charge in [0, 0.05) is 0 Å². The van der Waals surface area contributed by atoms with E-state index in [1.807, 2.05) is 0 Å². The number of ether oxygens (including phenoxy) is 1. The number of hydrogen-bond donors (Lipinski definition) is 2. The van der Waals surface area contributed by atoms with Crippen LogP contribution in [0.3, 0.4) is 0 Å². The number of hydrogen-bond acceptors (Lipinski definition) is 5. The van der Waals surface area contributed by atoms with E-state index in [1.165, 1.54) is 13.4 Å². The fraction of sp³-hybridized carbons (Fsp3) is 0.583. The average molecular weight is 241 g/mol. The molecule has 2 N–H and O–H groups in total. The molecule has 0 saturated carbocycles. The summed E-state index contributed by atoms with van der Waals surface area (Å²) in [4.78, 5) is 11.1. The maximum atomic E-state index is 11.1. The predicted octanol–water partition coefficient (Wildman–Crippen LogP) is 1.32. The first-order chi connectivity index (χ1) is 8.13. The molecule has 1 aromatic heterocycles. The van der Waals surface area contributed by atoms with Crippen LogP contribution < -0.4 is 5.32 Å². The molecule has 0 spiro atoms. The number of rotatable bonds is 7. The predicted molar refractivity (Wildman–Crippen MR) is 62.7 cm³/mol. The van der Waals surface area contributed by atoms with Crippen molar-refractivity contribution in [1.29, 1.82) is 0 Å². The summed E-state index contributed by atoms with van der Waals surface area (Å²) in [6.07, 6.45) is 2.81. The van der Waals surface area contributed by atoms with E-state index in [2.05, 4.69) is 10.1 Å². The molecule has 5 nitrogen and oxygen atoms in total. The molecule has 0 saturated heterocycles. The van der Waals surface area contributed by atoms with Crippen LogP contribution in [0.15, 0.2) is 16.7 Å². The highest BCUT2D eigenvalue weighted by atomic mass is 16.5. The summed E-state index contributed by atoms with van der Waals surface area (Å²) in [5, 5.41) is 12.2. The third-order valence-corrected chi connectivity index (χ3v) is 2.35. The lowest BCUT2D eigenvalue weighted by Crippen LogP contribution is -2.15. The Bertz CT molecular complexity index is 346. The molecule has 0 bridgehead atoms. The third kappa shape index (κ3) is 5.01. The first kappa shape index (κ1) is 13.7. The number of carbonyl (C=O) groups excluding carboxylic acids is 1. The molecule has 0 aliphatic heterocycles. The van der Waals surface area contributed by atoms with Crippen LogP contribution in [0.4, 0.5) is 0 Å². The molecular weight excluding hydrogens is 222 g/mol. The van der Waals surface area contributed by atoms with Crippen LogP contribution in [-0.4, -0.2) is 30.8 Å². The zero-order valence-electron chi connectivity index (χ0n) is 10.2. The summed E-state index contributed by atoms with van der Waals surface area (Å²) >= 11 is 0. The highest BCUT2D eigenvalue weighted by Gasteiger charge is 2.09. The van der Waals surface area contributed by atoms with Crippen molar-refractivity contribution < 1.29 is 19.1 Å². The van der Waals surface area contributed by atoms with Crippen molar-refractivity contribution in [1.82, 2.24) is 5.32 Å². The van der Waals surface area contributed by atoms with Gasteiger partial charge in [-0.2, -0.15) is 0 Å². The maximum absolute atomic E-state index is 11.1. The molecule has 0 aliphatic rings. The fourth-order valence-electron chi connectivity index (χ4n) is 1.43.